The molecule has 1 aromatic heterocycles. The lowest BCUT2D eigenvalue weighted by Crippen LogP contribution is -2.48. The molecule has 2 saturated heterocycles. The molecule has 0 aliphatic carbocycles. The van der Waals surface area contributed by atoms with Crippen LogP contribution in [0.3, 0.4) is 0 Å². The quantitative estimate of drug-likeness (QED) is 0.837. The predicted octanol–water partition coefficient (Wildman–Crippen LogP) is 1.93. The molecular weight excluding hydrogens is 322 g/mol. The van der Waals surface area contributed by atoms with Crippen molar-refractivity contribution in [3.05, 3.63) is 21.9 Å². The number of carbonyl (C=O) groups is 2. The molecule has 3 heterocycles. The molecule has 6 heteroatoms. The van der Waals surface area contributed by atoms with Crippen molar-refractivity contribution < 1.29 is 9.59 Å². The van der Waals surface area contributed by atoms with Gasteiger partial charge in [0.1, 0.15) is 0 Å². The summed E-state index contributed by atoms with van der Waals surface area (Å²) in [6, 6.07) is 4.30. The monoisotopic (exact) mass is 349 g/mol. The highest BCUT2D eigenvalue weighted by atomic mass is 32.1. The minimum absolute atomic E-state index is 0.0736. The van der Waals surface area contributed by atoms with E-state index in [1.54, 1.807) is 4.90 Å². The number of aryl methyl sites for hydroxylation is 1. The number of thiophene rings is 1. The summed E-state index contributed by atoms with van der Waals surface area (Å²) in [4.78, 5) is 33.7. The van der Waals surface area contributed by atoms with Crippen molar-refractivity contribution in [2.24, 2.45) is 11.3 Å². The predicted molar refractivity (Wildman–Crippen MR) is 96.3 cm³/mol. The van der Waals surface area contributed by atoms with Gasteiger partial charge in [0, 0.05) is 57.1 Å². The van der Waals surface area contributed by atoms with E-state index in [2.05, 4.69) is 18.7 Å². The van der Waals surface area contributed by atoms with Crippen LogP contribution in [0.2, 0.25) is 0 Å². The van der Waals surface area contributed by atoms with Crippen LogP contribution in [-0.2, 0) is 4.79 Å². The first-order valence-corrected chi connectivity index (χ1v) is 9.38. The first-order chi connectivity index (χ1) is 11.2. The summed E-state index contributed by atoms with van der Waals surface area (Å²) in [7, 11) is 3.64. The number of fused-ring (bicyclic) bond motifs is 1. The summed E-state index contributed by atoms with van der Waals surface area (Å²) in [5.41, 5.74) is -0.449. The highest BCUT2D eigenvalue weighted by Crippen LogP contribution is 2.44. The van der Waals surface area contributed by atoms with Crippen LogP contribution in [0.15, 0.2) is 12.1 Å². The Balaban J connectivity index is 1.85. The third-order valence-electron chi connectivity index (χ3n) is 5.44. The van der Waals surface area contributed by atoms with Gasteiger partial charge in [0.2, 0.25) is 5.91 Å². The van der Waals surface area contributed by atoms with E-state index in [9.17, 15) is 9.59 Å². The summed E-state index contributed by atoms with van der Waals surface area (Å²) in [6.45, 7) is 9.21. The minimum Gasteiger partial charge on any atom is -0.348 e. The van der Waals surface area contributed by atoms with Crippen LogP contribution in [0, 0.1) is 18.3 Å². The molecule has 0 radical (unpaired) electrons. The number of likely N-dealkylation sites (tertiary alicyclic amines) is 2. The summed E-state index contributed by atoms with van der Waals surface area (Å²) in [5, 5.41) is 0. The normalized spacial score (nSPS) is 26.9. The lowest BCUT2D eigenvalue weighted by atomic mass is 9.79. The molecular formula is C18H27N3O2S. The van der Waals surface area contributed by atoms with Crippen molar-refractivity contribution in [2.75, 3.05) is 40.3 Å². The number of nitrogens with zero attached hydrogens (tertiary/aromatic N) is 3. The lowest BCUT2D eigenvalue weighted by Gasteiger charge is -2.31. The second kappa shape index (κ2) is 6.15. The Kier molecular flexibility index (Phi) is 4.47. The van der Waals surface area contributed by atoms with Crippen LogP contribution >= 0.6 is 11.3 Å². The van der Waals surface area contributed by atoms with E-state index < -0.39 is 5.41 Å². The molecule has 0 bridgehead atoms. The Hall–Kier alpha value is -1.40. The highest BCUT2D eigenvalue weighted by molar-refractivity contribution is 7.13. The van der Waals surface area contributed by atoms with Gasteiger partial charge in [0.15, 0.2) is 0 Å². The second-order valence-electron chi connectivity index (χ2n) is 7.67. The summed E-state index contributed by atoms with van der Waals surface area (Å²) >= 11 is 1.53. The zero-order valence-electron chi connectivity index (χ0n) is 15.2. The fourth-order valence-corrected chi connectivity index (χ4v) is 4.94. The largest absolute Gasteiger partial charge is 0.348 e. The van der Waals surface area contributed by atoms with E-state index in [0.717, 1.165) is 22.8 Å². The maximum atomic E-state index is 13.0. The zero-order valence-corrected chi connectivity index (χ0v) is 16.0. The number of rotatable bonds is 3. The van der Waals surface area contributed by atoms with Gasteiger partial charge in [-0.2, -0.15) is 0 Å². The Labute approximate surface area is 148 Å². The molecule has 132 valence electrons. The fourth-order valence-electron chi connectivity index (χ4n) is 4.11. The third kappa shape index (κ3) is 2.75. The van der Waals surface area contributed by atoms with Crippen LogP contribution in [0.1, 0.15) is 28.4 Å². The fraction of sp³-hybridized carbons (Fsp3) is 0.667. The van der Waals surface area contributed by atoms with Gasteiger partial charge in [-0.05, 0) is 32.9 Å². The molecule has 24 heavy (non-hydrogen) atoms. The Morgan fingerprint density at radius 1 is 1.25 bits per heavy atom. The molecule has 2 aliphatic heterocycles. The van der Waals surface area contributed by atoms with Crippen LogP contribution in [0.25, 0.3) is 0 Å². The highest BCUT2D eigenvalue weighted by Gasteiger charge is 2.58. The molecule has 0 spiro atoms. The molecule has 0 unspecified atom stereocenters. The first-order valence-electron chi connectivity index (χ1n) is 8.56. The van der Waals surface area contributed by atoms with E-state index in [1.165, 1.54) is 11.3 Å². The zero-order chi connectivity index (χ0) is 17.6. The smallest absolute Gasteiger partial charge is 0.263 e. The van der Waals surface area contributed by atoms with Gasteiger partial charge in [-0.15, -0.1) is 11.3 Å². The summed E-state index contributed by atoms with van der Waals surface area (Å²) in [5.74, 6) is 0.456. The molecule has 5 nitrogen and oxygen atoms in total. The van der Waals surface area contributed by atoms with Gasteiger partial charge in [-0.3, -0.25) is 14.5 Å². The molecule has 0 N–H and O–H groups in total. The van der Waals surface area contributed by atoms with Crippen molar-refractivity contribution in [1.82, 2.24) is 14.7 Å². The van der Waals surface area contributed by atoms with Crippen LogP contribution < -0.4 is 0 Å². The van der Waals surface area contributed by atoms with Gasteiger partial charge < -0.3 is 9.80 Å². The third-order valence-corrected chi connectivity index (χ3v) is 6.42. The molecule has 0 saturated carbocycles. The van der Waals surface area contributed by atoms with Crippen LogP contribution in [0.5, 0.6) is 0 Å². The van der Waals surface area contributed by atoms with Crippen LogP contribution in [-0.4, -0.2) is 72.8 Å². The first kappa shape index (κ1) is 17.4. The average Bonchev–Trinajstić information content (AvgIpc) is 3.17. The maximum Gasteiger partial charge on any atom is 0.263 e. The Morgan fingerprint density at radius 2 is 1.96 bits per heavy atom. The van der Waals surface area contributed by atoms with E-state index >= 15 is 0 Å². The number of hydrogen-bond acceptors (Lipinski definition) is 4. The number of amides is 2. The van der Waals surface area contributed by atoms with Gasteiger partial charge in [-0.1, -0.05) is 0 Å². The van der Waals surface area contributed by atoms with E-state index in [0.29, 0.717) is 19.1 Å². The van der Waals surface area contributed by atoms with Crippen molar-refractivity contribution in [2.45, 2.75) is 26.8 Å². The molecule has 2 amide bonds. The van der Waals surface area contributed by atoms with Crippen molar-refractivity contribution in [3.63, 3.8) is 0 Å². The van der Waals surface area contributed by atoms with Crippen molar-refractivity contribution >= 4 is 23.2 Å². The summed E-state index contributed by atoms with van der Waals surface area (Å²) in [6.07, 6.45) is 0. The van der Waals surface area contributed by atoms with Crippen molar-refractivity contribution in [3.8, 4) is 0 Å². The van der Waals surface area contributed by atoms with Crippen LogP contribution in [0.4, 0.5) is 0 Å². The van der Waals surface area contributed by atoms with E-state index in [4.69, 9.17) is 0 Å². The average molecular weight is 350 g/mol. The standard InChI is InChI=1S/C18H27N3O2S/c1-12(2)20-8-14-9-21(16(22)15-7-6-13(3)24-15)11-18(14,10-20)17(23)19(4)5/h6-7,12,14H,8-11H2,1-5H3/t14-,18-/m0/s1. The number of carbonyl (C=O) groups excluding carboxylic acids is 2. The minimum atomic E-state index is -0.449. The van der Waals surface area contributed by atoms with Gasteiger partial charge in [0.25, 0.3) is 5.91 Å². The molecule has 2 fully saturated rings. The second-order valence-corrected chi connectivity index (χ2v) is 8.96. The maximum absolute atomic E-state index is 13.0. The Morgan fingerprint density at radius 3 is 2.50 bits per heavy atom. The van der Waals surface area contributed by atoms with E-state index in [1.807, 2.05) is 38.1 Å². The Bertz CT molecular complexity index is 654. The SMILES string of the molecule is Cc1ccc(C(=O)N2C[C@@H]3CN(C(C)C)C[C@]3(C(=O)N(C)C)C2)s1. The van der Waals surface area contributed by atoms with Gasteiger partial charge >= 0.3 is 0 Å². The molecule has 1 aromatic rings. The topological polar surface area (TPSA) is 43.9 Å². The molecule has 2 atom stereocenters. The van der Waals surface area contributed by atoms with Gasteiger partial charge in [-0.25, -0.2) is 0 Å². The van der Waals surface area contributed by atoms with Crippen molar-refractivity contribution in [1.29, 1.82) is 0 Å². The van der Waals surface area contributed by atoms with Gasteiger partial charge in [0.05, 0.1) is 10.3 Å². The molecule has 0 aromatic carbocycles. The lowest BCUT2D eigenvalue weighted by molar-refractivity contribution is -0.139. The summed E-state index contributed by atoms with van der Waals surface area (Å²) < 4.78 is 0. The molecule has 2 aliphatic rings. The number of hydrogen-bond donors (Lipinski definition) is 0. The molecule has 3 rings (SSSR count). The van der Waals surface area contributed by atoms with E-state index in [-0.39, 0.29) is 17.7 Å².